The summed E-state index contributed by atoms with van der Waals surface area (Å²) >= 11 is 5.85. The molecule has 2 aromatic heterocycles. The van der Waals surface area contributed by atoms with Gasteiger partial charge in [0, 0.05) is 24.8 Å². The number of nitrogens with zero attached hydrogens (tertiary/aromatic N) is 3. The van der Waals surface area contributed by atoms with E-state index in [-0.39, 0.29) is 5.75 Å². The number of aromatic hydroxyl groups is 1. The standard InChI is InChI=1S/C14H14ClN5O/c15-10-2-1-8(5-11(10)21)9-6-20(4-3-16)14-12(9)13(17)18-7-19-14/h1-2,5-7,21H,3-4,16H2,(H2,17,18,19). The lowest BCUT2D eigenvalue weighted by Gasteiger charge is -2.03. The predicted molar refractivity (Wildman–Crippen MR) is 83.1 cm³/mol. The third-order valence-electron chi connectivity index (χ3n) is 3.31. The summed E-state index contributed by atoms with van der Waals surface area (Å²) in [4.78, 5) is 8.31. The van der Waals surface area contributed by atoms with Gasteiger partial charge in [-0.05, 0) is 17.7 Å². The first-order valence-corrected chi connectivity index (χ1v) is 6.78. The Bertz CT molecular complexity index is 814. The Labute approximate surface area is 126 Å². The van der Waals surface area contributed by atoms with Crippen LogP contribution >= 0.6 is 11.6 Å². The number of anilines is 1. The first kappa shape index (κ1) is 13.7. The molecule has 0 saturated heterocycles. The first-order chi connectivity index (χ1) is 10.1. The largest absolute Gasteiger partial charge is 0.506 e. The van der Waals surface area contributed by atoms with E-state index in [2.05, 4.69) is 9.97 Å². The van der Waals surface area contributed by atoms with Crippen molar-refractivity contribution in [2.24, 2.45) is 5.73 Å². The second-order valence-corrected chi connectivity index (χ2v) is 5.06. The lowest BCUT2D eigenvalue weighted by molar-refractivity contribution is 0.476. The Hall–Kier alpha value is -2.31. The van der Waals surface area contributed by atoms with Crippen LogP contribution in [0.2, 0.25) is 5.02 Å². The number of rotatable bonds is 3. The van der Waals surface area contributed by atoms with Crippen LogP contribution in [-0.2, 0) is 6.54 Å². The highest BCUT2D eigenvalue weighted by atomic mass is 35.5. The van der Waals surface area contributed by atoms with E-state index in [0.29, 0.717) is 23.9 Å². The molecule has 0 saturated carbocycles. The summed E-state index contributed by atoms with van der Waals surface area (Å²) in [7, 11) is 0. The number of hydrogen-bond acceptors (Lipinski definition) is 5. The number of benzene rings is 1. The molecule has 0 atom stereocenters. The molecule has 0 fully saturated rings. The van der Waals surface area contributed by atoms with Crippen LogP contribution in [0.15, 0.2) is 30.7 Å². The van der Waals surface area contributed by atoms with E-state index >= 15 is 0 Å². The Kier molecular flexibility index (Phi) is 3.40. The van der Waals surface area contributed by atoms with Crippen molar-refractivity contribution in [2.45, 2.75) is 6.54 Å². The van der Waals surface area contributed by atoms with Gasteiger partial charge in [0.25, 0.3) is 0 Å². The fourth-order valence-corrected chi connectivity index (χ4v) is 2.47. The second kappa shape index (κ2) is 5.23. The SMILES string of the molecule is NCCn1cc(-c2ccc(Cl)c(O)c2)c2c(N)ncnc21. The molecule has 0 aliphatic carbocycles. The summed E-state index contributed by atoms with van der Waals surface area (Å²) < 4.78 is 1.92. The number of aromatic nitrogens is 3. The van der Waals surface area contributed by atoms with Crippen molar-refractivity contribution in [3.05, 3.63) is 35.7 Å². The van der Waals surface area contributed by atoms with Gasteiger partial charge in [-0.2, -0.15) is 0 Å². The first-order valence-electron chi connectivity index (χ1n) is 6.40. The average Bonchev–Trinajstić information content (AvgIpc) is 2.83. The molecule has 6 nitrogen and oxygen atoms in total. The third-order valence-corrected chi connectivity index (χ3v) is 3.63. The molecule has 108 valence electrons. The highest BCUT2D eigenvalue weighted by Gasteiger charge is 2.15. The number of nitrogen functional groups attached to an aromatic ring is 1. The van der Waals surface area contributed by atoms with Gasteiger partial charge in [-0.15, -0.1) is 0 Å². The highest BCUT2D eigenvalue weighted by Crippen LogP contribution is 2.35. The predicted octanol–water partition coefficient (Wildman–Crippen LogP) is 2.00. The van der Waals surface area contributed by atoms with Crippen molar-refractivity contribution in [1.29, 1.82) is 0 Å². The molecule has 0 aliphatic heterocycles. The van der Waals surface area contributed by atoms with Gasteiger partial charge in [0.2, 0.25) is 0 Å². The molecule has 7 heteroatoms. The topological polar surface area (TPSA) is 103 Å². The molecule has 21 heavy (non-hydrogen) atoms. The van der Waals surface area contributed by atoms with Gasteiger partial charge in [-0.25, -0.2) is 9.97 Å². The Morgan fingerprint density at radius 1 is 1.29 bits per heavy atom. The molecule has 3 aromatic rings. The smallest absolute Gasteiger partial charge is 0.146 e. The van der Waals surface area contributed by atoms with Gasteiger partial charge in [0.15, 0.2) is 0 Å². The molecule has 0 spiro atoms. The van der Waals surface area contributed by atoms with Crippen molar-refractivity contribution in [3.8, 4) is 16.9 Å². The lowest BCUT2D eigenvalue weighted by Crippen LogP contribution is -2.09. The summed E-state index contributed by atoms with van der Waals surface area (Å²) in [5.41, 5.74) is 14.0. The third kappa shape index (κ3) is 2.28. The molecule has 0 aliphatic rings. The second-order valence-electron chi connectivity index (χ2n) is 4.65. The normalized spacial score (nSPS) is 11.1. The van der Waals surface area contributed by atoms with Crippen LogP contribution < -0.4 is 11.5 Å². The summed E-state index contributed by atoms with van der Waals surface area (Å²) in [6, 6.07) is 5.05. The molecule has 5 N–H and O–H groups in total. The maximum Gasteiger partial charge on any atom is 0.146 e. The number of halogens is 1. The highest BCUT2D eigenvalue weighted by molar-refractivity contribution is 6.32. The van der Waals surface area contributed by atoms with Crippen molar-refractivity contribution >= 4 is 28.5 Å². The van der Waals surface area contributed by atoms with E-state index in [1.54, 1.807) is 12.1 Å². The van der Waals surface area contributed by atoms with Gasteiger partial charge in [-0.3, -0.25) is 0 Å². The minimum absolute atomic E-state index is 0.0179. The van der Waals surface area contributed by atoms with E-state index in [4.69, 9.17) is 23.1 Å². The van der Waals surface area contributed by atoms with Gasteiger partial charge < -0.3 is 21.1 Å². The van der Waals surface area contributed by atoms with E-state index in [0.717, 1.165) is 22.2 Å². The zero-order valence-electron chi connectivity index (χ0n) is 11.1. The Morgan fingerprint density at radius 2 is 2.10 bits per heavy atom. The van der Waals surface area contributed by atoms with Crippen LogP contribution in [0.25, 0.3) is 22.2 Å². The fraction of sp³-hybridized carbons (Fsp3) is 0.143. The number of fused-ring (bicyclic) bond motifs is 1. The maximum absolute atomic E-state index is 9.79. The fourth-order valence-electron chi connectivity index (χ4n) is 2.36. The molecule has 1 aromatic carbocycles. The van der Waals surface area contributed by atoms with Gasteiger partial charge in [0.1, 0.15) is 23.5 Å². The van der Waals surface area contributed by atoms with Gasteiger partial charge in [-0.1, -0.05) is 17.7 Å². The van der Waals surface area contributed by atoms with Gasteiger partial charge >= 0.3 is 0 Å². The molecule has 0 bridgehead atoms. The summed E-state index contributed by atoms with van der Waals surface area (Å²) in [6.07, 6.45) is 3.33. The summed E-state index contributed by atoms with van der Waals surface area (Å²) in [5, 5.41) is 10.8. The average molecular weight is 304 g/mol. The van der Waals surface area contributed by atoms with Crippen LogP contribution in [-0.4, -0.2) is 26.2 Å². The minimum Gasteiger partial charge on any atom is -0.506 e. The molecular weight excluding hydrogens is 290 g/mol. The van der Waals surface area contributed by atoms with Crippen LogP contribution in [0.4, 0.5) is 5.82 Å². The molecule has 0 amide bonds. The van der Waals surface area contributed by atoms with Gasteiger partial charge in [0.05, 0.1) is 10.4 Å². The van der Waals surface area contributed by atoms with Crippen LogP contribution in [0.1, 0.15) is 0 Å². The minimum atomic E-state index is 0.0179. The Balaban J connectivity index is 2.28. The van der Waals surface area contributed by atoms with Crippen molar-refractivity contribution in [3.63, 3.8) is 0 Å². The summed E-state index contributed by atoms with van der Waals surface area (Å²) in [6.45, 7) is 1.10. The molecule has 0 unspecified atom stereocenters. The number of phenolic OH excluding ortho intramolecular Hbond substituents is 1. The van der Waals surface area contributed by atoms with E-state index in [9.17, 15) is 5.11 Å². The maximum atomic E-state index is 9.79. The van der Waals surface area contributed by atoms with E-state index in [1.165, 1.54) is 6.33 Å². The van der Waals surface area contributed by atoms with E-state index in [1.807, 2.05) is 16.8 Å². The summed E-state index contributed by atoms with van der Waals surface area (Å²) in [5.74, 6) is 0.407. The van der Waals surface area contributed by atoms with E-state index < -0.39 is 0 Å². The number of phenols is 1. The monoisotopic (exact) mass is 303 g/mol. The number of nitrogens with two attached hydrogens (primary N) is 2. The van der Waals surface area contributed by atoms with Crippen LogP contribution in [0, 0.1) is 0 Å². The molecule has 3 rings (SSSR count). The van der Waals surface area contributed by atoms with Crippen molar-refractivity contribution in [2.75, 3.05) is 12.3 Å². The molecule has 2 heterocycles. The lowest BCUT2D eigenvalue weighted by atomic mass is 10.1. The zero-order chi connectivity index (χ0) is 15.0. The quantitative estimate of drug-likeness (QED) is 0.686. The van der Waals surface area contributed by atoms with Crippen LogP contribution in [0.3, 0.4) is 0 Å². The van der Waals surface area contributed by atoms with Crippen molar-refractivity contribution < 1.29 is 5.11 Å². The molecule has 0 radical (unpaired) electrons. The Morgan fingerprint density at radius 3 is 2.81 bits per heavy atom. The molecular formula is C14H14ClN5O. The van der Waals surface area contributed by atoms with Crippen LogP contribution in [0.5, 0.6) is 5.75 Å². The number of hydrogen-bond donors (Lipinski definition) is 3. The van der Waals surface area contributed by atoms with Crippen molar-refractivity contribution in [1.82, 2.24) is 14.5 Å². The zero-order valence-corrected chi connectivity index (χ0v) is 11.9.